The molecule has 0 aromatic carbocycles. The third-order valence-electron chi connectivity index (χ3n) is 1.86. The molecule has 1 heterocycles. The highest BCUT2D eigenvalue weighted by Gasteiger charge is 2.08. The molecule has 64 valence electrons. The molecule has 0 N–H and O–H groups in total. The molecular weight excluding hydrogens is 155 g/mol. The van der Waals surface area contributed by atoms with Crippen LogP contribution in [0.5, 0.6) is 0 Å². The van der Waals surface area contributed by atoms with Crippen molar-refractivity contribution in [2.75, 3.05) is 26.2 Å². The molecule has 1 aliphatic rings. The lowest BCUT2D eigenvalue weighted by molar-refractivity contribution is 0.474. The first-order valence-corrected chi connectivity index (χ1v) is 5.17. The van der Waals surface area contributed by atoms with Crippen molar-refractivity contribution in [3.63, 3.8) is 0 Å². The van der Waals surface area contributed by atoms with Crippen molar-refractivity contribution in [1.82, 2.24) is 9.34 Å². The zero-order valence-corrected chi connectivity index (χ0v) is 8.38. The third-order valence-corrected chi connectivity index (χ3v) is 3.43. The first kappa shape index (κ1) is 9.18. The summed E-state index contributed by atoms with van der Waals surface area (Å²) in [6.45, 7) is 9.04. The molecule has 3 heteroatoms. The van der Waals surface area contributed by atoms with Crippen LogP contribution in [-0.2, 0) is 0 Å². The molecule has 0 saturated carbocycles. The highest BCUT2D eigenvalue weighted by atomic mass is 31.1. The molecule has 0 atom stereocenters. The Morgan fingerprint density at radius 1 is 1.09 bits per heavy atom. The van der Waals surface area contributed by atoms with E-state index in [0.717, 1.165) is 22.0 Å². The highest BCUT2D eigenvalue weighted by Crippen LogP contribution is 2.24. The standard InChI is InChI=1S/C8H17N2P/c1-3-9-7-5-6-8-10(4-2)11-9/h5-6,11H,3-4,7-8H2,1-2H3. The number of likely N-dealkylation sites (N-methyl/N-ethyl adjacent to an activating group) is 2. The second-order valence-electron chi connectivity index (χ2n) is 2.65. The number of hydrogen-bond donors (Lipinski definition) is 0. The van der Waals surface area contributed by atoms with E-state index >= 15 is 0 Å². The highest BCUT2D eigenvalue weighted by molar-refractivity contribution is 7.32. The summed E-state index contributed by atoms with van der Waals surface area (Å²) in [4.78, 5) is 0. The van der Waals surface area contributed by atoms with Gasteiger partial charge in [-0.15, -0.1) is 0 Å². The minimum Gasteiger partial charge on any atom is -0.269 e. The van der Waals surface area contributed by atoms with Crippen LogP contribution in [0.4, 0.5) is 0 Å². The predicted octanol–water partition coefficient (Wildman–Crippen LogP) is 1.71. The summed E-state index contributed by atoms with van der Waals surface area (Å²) in [6, 6.07) is 0. The van der Waals surface area contributed by atoms with E-state index in [2.05, 4.69) is 35.3 Å². The van der Waals surface area contributed by atoms with Gasteiger partial charge in [0.2, 0.25) is 0 Å². The van der Waals surface area contributed by atoms with E-state index in [4.69, 9.17) is 0 Å². The molecule has 2 nitrogen and oxygen atoms in total. The van der Waals surface area contributed by atoms with Crippen LogP contribution < -0.4 is 0 Å². The average Bonchev–Trinajstić information content (AvgIpc) is 2.28. The molecule has 0 amide bonds. The van der Waals surface area contributed by atoms with Crippen LogP contribution in [-0.4, -0.2) is 35.5 Å². The molecule has 0 aliphatic carbocycles. The van der Waals surface area contributed by atoms with Crippen LogP contribution in [0.2, 0.25) is 0 Å². The van der Waals surface area contributed by atoms with Gasteiger partial charge >= 0.3 is 0 Å². The van der Waals surface area contributed by atoms with Crippen molar-refractivity contribution in [3.8, 4) is 0 Å². The summed E-state index contributed by atoms with van der Waals surface area (Å²) in [7, 11) is 0.881. The van der Waals surface area contributed by atoms with Gasteiger partial charge in [-0.1, -0.05) is 26.0 Å². The normalized spacial score (nSPS) is 22.0. The lowest BCUT2D eigenvalue weighted by Gasteiger charge is -2.24. The van der Waals surface area contributed by atoms with Gasteiger partial charge < -0.3 is 0 Å². The predicted molar refractivity (Wildman–Crippen MR) is 51.9 cm³/mol. The molecule has 0 radical (unpaired) electrons. The largest absolute Gasteiger partial charge is 0.269 e. The average molecular weight is 172 g/mol. The van der Waals surface area contributed by atoms with Gasteiger partial charge in [-0.05, 0) is 0 Å². The maximum Gasteiger partial charge on any atom is 0.0245 e. The van der Waals surface area contributed by atoms with Crippen LogP contribution in [0.3, 0.4) is 0 Å². The van der Waals surface area contributed by atoms with E-state index in [-0.39, 0.29) is 0 Å². The Kier molecular flexibility index (Phi) is 4.06. The summed E-state index contributed by atoms with van der Waals surface area (Å²) >= 11 is 0. The fourth-order valence-corrected chi connectivity index (χ4v) is 2.14. The summed E-state index contributed by atoms with van der Waals surface area (Å²) in [5, 5.41) is 0. The molecule has 0 unspecified atom stereocenters. The smallest absolute Gasteiger partial charge is 0.0245 e. The fourth-order valence-electron chi connectivity index (χ4n) is 1.08. The van der Waals surface area contributed by atoms with E-state index in [0.29, 0.717) is 0 Å². The lowest BCUT2D eigenvalue weighted by Crippen LogP contribution is -2.20. The minimum absolute atomic E-state index is 0.881. The molecular formula is C8H17N2P. The molecule has 0 aromatic heterocycles. The van der Waals surface area contributed by atoms with Gasteiger partial charge in [0.05, 0.1) is 0 Å². The second-order valence-corrected chi connectivity index (χ2v) is 4.11. The van der Waals surface area contributed by atoms with Crippen molar-refractivity contribution in [2.24, 2.45) is 0 Å². The van der Waals surface area contributed by atoms with Crippen LogP contribution in [0.1, 0.15) is 13.8 Å². The second kappa shape index (κ2) is 4.87. The quantitative estimate of drug-likeness (QED) is 0.462. The van der Waals surface area contributed by atoms with Gasteiger partial charge in [0, 0.05) is 35.1 Å². The van der Waals surface area contributed by atoms with Gasteiger partial charge in [-0.25, -0.2) is 0 Å². The third kappa shape index (κ3) is 2.90. The zero-order valence-electron chi connectivity index (χ0n) is 7.38. The van der Waals surface area contributed by atoms with E-state index in [1.807, 2.05) is 0 Å². The maximum absolute atomic E-state index is 2.47. The fraction of sp³-hybridized carbons (Fsp3) is 0.750. The molecule has 1 aliphatic heterocycles. The van der Waals surface area contributed by atoms with Crippen molar-refractivity contribution < 1.29 is 0 Å². The first-order valence-electron chi connectivity index (χ1n) is 4.28. The molecule has 11 heavy (non-hydrogen) atoms. The SMILES string of the molecule is CCN1CC=CCN(CC)P1. The Balaban J connectivity index is 2.41. The van der Waals surface area contributed by atoms with Crippen molar-refractivity contribution in [1.29, 1.82) is 0 Å². The van der Waals surface area contributed by atoms with E-state index < -0.39 is 0 Å². The number of rotatable bonds is 2. The van der Waals surface area contributed by atoms with Crippen molar-refractivity contribution in [3.05, 3.63) is 12.2 Å². The lowest BCUT2D eigenvalue weighted by atomic mass is 10.4. The van der Waals surface area contributed by atoms with E-state index in [9.17, 15) is 0 Å². The summed E-state index contributed by atoms with van der Waals surface area (Å²) in [6.07, 6.45) is 4.54. The number of nitrogens with zero attached hydrogens (tertiary/aromatic N) is 2. The topological polar surface area (TPSA) is 6.48 Å². The Morgan fingerprint density at radius 3 is 1.91 bits per heavy atom. The zero-order chi connectivity index (χ0) is 8.10. The summed E-state index contributed by atoms with van der Waals surface area (Å²) < 4.78 is 4.93. The molecule has 0 fully saturated rings. The Morgan fingerprint density at radius 2 is 1.55 bits per heavy atom. The maximum atomic E-state index is 2.47. The monoisotopic (exact) mass is 172 g/mol. The van der Waals surface area contributed by atoms with Crippen LogP contribution in [0.25, 0.3) is 0 Å². The van der Waals surface area contributed by atoms with Crippen molar-refractivity contribution >= 4 is 8.88 Å². The Bertz CT molecular complexity index is 122. The molecule has 0 bridgehead atoms. The van der Waals surface area contributed by atoms with Crippen LogP contribution in [0.15, 0.2) is 12.2 Å². The van der Waals surface area contributed by atoms with Crippen molar-refractivity contribution in [2.45, 2.75) is 13.8 Å². The molecule has 1 rings (SSSR count). The van der Waals surface area contributed by atoms with Crippen LogP contribution >= 0.6 is 8.88 Å². The molecule has 0 aromatic rings. The summed E-state index contributed by atoms with van der Waals surface area (Å²) in [5.74, 6) is 0. The molecule has 0 saturated heterocycles. The van der Waals surface area contributed by atoms with E-state index in [1.165, 1.54) is 13.1 Å². The minimum atomic E-state index is 0.881. The van der Waals surface area contributed by atoms with Gasteiger partial charge in [0.25, 0.3) is 0 Å². The number of hydrogen-bond acceptors (Lipinski definition) is 2. The Labute approximate surface area is 71.1 Å². The van der Waals surface area contributed by atoms with E-state index in [1.54, 1.807) is 0 Å². The van der Waals surface area contributed by atoms with Gasteiger partial charge in [-0.2, -0.15) is 0 Å². The van der Waals surface area contributed by atoms with Gasteiger partial charge in [0.15, 0.2) is 0 Å². The van der Waals surface area contributed by atoms with Crippen LogP contribution in [0, 0.1) is 0 Å². The van der Waals surface area contributed by atoms with Gasteiger partial charge in [0.1, 0.15) is 0 Å². The first-order chi connectivity index (χ1) is 5.36. The molecule has 0 spiro atoms. The van der Waals surface area contributed by atoms with Gasteiger partial charge in [-0.3, -0.25) is 9.34 Å². The Hall–Kier alpha value is 0.0900. The summed E-state index contributed by atoms with van der Waals surface area (Å²) in [5.41, 5.74) is 0.